The molecule has 2 atom stereocenters. The molecule has 1 aromatic heterocycles. The highest BCUT2D eigenvalue weighted by Gasteiger charge is 2.51. The number of likely N-dealkylation sites (tertiary alicyclic amines) is 2. The van der Waals surface area contributed by atoms with Crippen molar-refractivity contribution in [1.29, 1.82) is 0 Å². The Morgan fingerprint density at radius 3 is 2.56 bits per heavy atom. The van der Waals surface area contributed by atoms with E-state index in [4.69, 9.17) is 0 Å². The second-order valence-corrected chi connectivity index (χ2v) is 8.94. The van der Waals surface area contributed by atoms with E-state index in [0.29, 0.717) is 30.5 Å². The Morgan fingerprint density at radius 2 is 1.94 bits per heavy atom. The largest absolute Gasteiger partial charge is 0.416 e. The topological polar surface area (TPSA) is 58.4 Å². The van der Waals surface area contributed by atoms with E-state index in [9.17, 15) is 22.8 Å². The fraction of sp³-hybridized carbons (Fsp3) is 0.522. The summed E-state index contributed by atoms with van der Waals surface area (Å²) in [5, 5.41) is 4.10. The smallest absolute Gasteiger partial charge is 0.333 e. The van der Waals surface area contributed by atoms with Crippen LogP contribution in [0.3, 0.4) is 0 Å². The van der Waals surface area contributed by atoms with E-state index in [1.165, 1.54) is 12.1 Å². The van der Waals surface area contributed by atoms with E-state index in [1.54, 1.807) is 29.0 Å². The Kier molecular flexibility index (Phi) is 5.77. The van der Waals surface area contributed by atoms with Gasteiger partial charge in [-0.3, -0.25) is 14.3 Å². The van der Waals surface area contributed by atoms with Crippen LogP contribution in [-0.4, -0.2) is 49.5 Å². The normalized spacial score (nSPS) is 24.3. The van der Waals surface area contributed by atoms with Crippen molar-refractivity contribution >= 4 is 11.8 Å². The van der Waals surface area contributed by atoms with Crippen molar-refractivity contribution in [3.63, 3.8) is 0 Å². The Morgan fingerprint density at radius 1 is 1.22 bits per heavy atom. The zero-order valence-electron chi connectivity index (χ0n) is 18.2. The number of hydrogen-bond donors (Lipinski definition) is 0. The molecule has 0 radical (unpaired) electrons. The maximum Gasteiger partial charge on any atom is 0.416 e. The van der Waals surface area contributed by atoms with Gasteiger partial charge in [-0.1, -0.05) is 18.6 Å². The van der Waals surface area contributed by atoms with Crippen molar-refractivity contribution in [2.45, 2.75) is 63.3 Å². The third kappa shape index (κ3) is 4.12. The predicted octanol–water partition coefficient (Wildman–Crippen LogP) is 4.01. The summed E-state index contributed by atoms with van der Waals surface area (Å²) >= 11 is 0. The number of fused-ring (bicyclic) bond motifs is 1. The van der Waals surface area contributed by atoms with E-state index in [2.05, 4.69) is 5.10 Å². The number of rotatable bonds is 3. The number of amides is 2. The summed E-state index contributed by atoms with van der Waals surface area (Å²) in [6.45, 7) is 2.74. The molecule has 172 valence electrons. The lowest BCUT2D eigenvalue weighted by atomic mass is 9.84. The van der Waals surface area contributed by atoms with Crippen LogP contribution >= 0.6 is 0 Å². The monoisotopic (exact) mass is 448 g/mol. The van der Waals surface area contributed by atoms with Crippen LogP contribution in [0.25, 0.3) is 0 Å². The van der Waals surface area contributed by atoms with Crippen LogP contribution in [0.15, 0.2) is 36.7 Å². The molecule has 2 aliphatic rings. The Bertz CT molecular complexity index is 1000. The SMILES string of the molecule is Cn1cc(C(=O)N2CC[C@]3(C)[C@H]2CCCCC(=O)N3Cc2ccc(C(F)(F)F)cc2)cn1. The van der Waals surface area contributed by atoms with Gasteiger partial charge in [0.1, 0.15) is 0 Å². The molecule has 3 heterocycles. The maximum absolute atomic E-state index is 13.2. The molecule has 2 aromatic rings. The Labute approximate surface area is 185 Å². The highest BCUT2D eigenvalue weighted by Crippen LogP contribution is 2.40. The minimum Gasteiger partial charge on any atom is -0.333 e. The second kappa shape index (κ2) is 8.26. The number of aryl methyl sites for hydroxylation is 1. The van der Waals surface area contributed by atoms with Crippen LogP contribution in [0.4, 0.5) is 13.2 Å². The summed E-state index contributed by atoms with van der Waals surface area (Å²) in [5.74, 6) is -0.123. The first-order valence-corrected chi connectivity index (χ1v) is 10.9. The number of nitrogens with zero attached hydrogens (tertiary/aromatic N) is 4. The van der Waals surface area contributed by atoms with Crippen LogP contribution in [0.2, 0.25) is 0 Å². The van der Waals surface area contributed by atoms with Crippen molar-refractivity contribution < 1.29 is 22.8 Å². The molecule has 32 heavy (non-hydrogen) atoms. The quantitative estimate of drug-likeness (QED) is 0.713. The first kappa shape index (κ1) is 22.4. The summed E-state index contributed by atoms with van der Waals surface area (Å²) in [7, 11) is 1.76. The van der Waals surface area contributed by atoms with Crippen LogP contribution in [0.5, 0.6) is 0 Å². The van der Waals surface area contributed by atoms with Crippen molar-refractivity contribution in [3.05, 3.63) is 53.3 Å². The number of aromatic nitrogens is 2. The average molecular weight is 448 g/mol. The third-order valence-electron chi connectivity index (χ3n) is 6.82. The molecule has 2 amide bonds. The molecule has 0 aliphatic carbocycles. The van der Waals surface area contributed by atoms with Crippen LogP contribution in [0.1, 0.15) is 60.5 Å². The van der Waals surface area contributed by atoms with Gasteiger partial charge < -0.3 is 9.80 Å². The lowest BCUT2D eigenvalue weighted by Crippen LogP contribution is -2.58. The average Bonchev–Trinajstić information content (AvgIpc) is 3.31. The summed E-state index contributed by atoms with van der Waals surface area (Å²) in [6, 6.07) is 4.81. The lowest BCUT2D eigenvalue weighted by Gasteiger charge is -2.45. The standard InChI is InChI=1S/C23H27F3N4O2/c1-22-11-12-29(21(32)17-13-27-28(2)15-17)19(22)5-3-4-6-20(31)30(22)14-16-7-9-18(10-8-16)23(24,25)26/h7-10,13,15,19H,3-6,11-12,14H2,1-2H3/t19-,22-/m1/s1. The van der Waals surface area contributed by atoms with E-state index in [-0.39, 0.29) is 24.4 Å². The summed E-state index contributed by atoms with van der Waals surface area (Å²) in [4.78, 5) is 30.0. The van der Waals surface area contributed by atoms with Crippen LogP contribution < -0.4 is 0 Å². The molecule has 6 nitrogen and oxygen atoms in total. The number of carbonyl (C=O) groups excluding carboxylic acids is 2. The van der Waals surface area contributed by atoms with Gasteiger partial charge in [0.25, 0.3) is 5.91 Å². The molecule has 2 aliphatic heterocycles. The third-order valence-corrected chi connectivity index (χ3v) is 6.82. The van der Waals surface area contributed by atoms with Gasteiger partial charge in [0, 0.05) is 32.8 Å². The van der Waals surface area contributed by atoms with Gasteiger partial charge in [-0.05, 0) is 43.9 Å². The molecular weight excluding hydrogens is 421 g/mol. The van der Waals surface area contributed by atoms with Gasteiger partial charge in [0.2, 0.25) is 5.91 Å². The number of alkyl halides is 3. The predicted molar refractivity (Wildman–Crippen MR) is 112 cm³/mol. The number of hydrogen-bond acceptors (Lipinski definition) is 3. The maximum atomic E-state index is 13.2. The minimum absolute atomic E-state index is 0.0206. The zero-order valence-corrected chi connectivity index (χ0v) is 18.2. The van der Waals surface area contributed by atoms with Gasteiger partial charge in [-0.25, -0.2) is 0 Å². The van der Waals surface area contributed by atoms with E-state index in [1.807, 2.05) is 11.8 Å². The summed E-state index contributed by atoms with van der Waals surface area (Å²) < 4.78 is 40.4. The molecule has 2 saturated heterocycles. The van der Waals surface area contributed by atoms with Gasteiger partial charge in [0.15, 0.2) is 0 Å². The Hall–Kier alpha value is -2.84. The molecule has 0 N–H and O–H groups in total. The molecule has 1 aromatic carbocycles. The number of halogens is 3. The van der Waals surface area contributed by atoms with Crippen molar-refractivity contribution in [2.75, 3.05) is 6.54 Å². The highest BCUT2D eigenvalue weighted by atomic mass is 19.4. The van der Waals surface area contributed by atoms with Gasteiger partial charge in [-0.2, -0.15) is 18.3 Å². The lowest BCUT2D eigenvalue weighted by molar-refractivity contribution is -0.140. The number of benzene rings is 1. The first-order valence-electron chi connectivity index (χ1n) is 10.9. The van der Waals surface area contributed by atoms with Gasteiger partial charge >= 0.3 is 6.18 Å². The highest BCUT2D eigenvalue weighted by molar-refractivity contribution is 5.94. The molecular formula is C23H27F3N4O2. The van der Waals surface area contributed by atoms with E-state index in [0.717, 1.165) is 31.4 Å². The van der Waals surface area contributed by atoms with Gasteiger partial charge in [-0.15, -0.1) is 0 Å². The molecule has 0 bridgehead atoms. The minimum atomic E-state index is -4.40. The van der Waals surface area contributed by atoms with Crippen molar-refractivity contribution in [3.8, 4) is 0 Å². The zero-order chi connectivity index (χ0) is 23.1. The molecule has 0 saturated carbocycles. The molecule has 4 rings (SSSR count). The summed E-state index contributed by atoms with van der Waals surface area (Å²) in [6.07, 6.45) is 2.21. The van der Waals surface area contributed by atoms with Gasteiger partial charge in [0.05, 0.1) is 28.9 Å². The van der Waals surface area contributed by atoms with Crippen LogP contribution in [0, 0.1) is 0 Å². The fourth-order valence-corrected chi connectivity index (χ4v) is 5.01. The Balaban J connectivity index is 1.61. The summed E-state index contributed by atoms with van der Waals surface area (Å²) in [5.41, 5.74) is -0.139. The van der Waals surface area contributed by atoms with Crippen molar-refractivity contribution in [1.82, 2.24) is 19.6 Å². The van der Waals surface area contributed by atoms with Crippen molar-refractivity contribution in [2.24, 2.45) is 7.05 Å². The molecule has 2 fully saturated rings. The number of carbonyl (C=O) groups is 2. The molecule has 9 heteroatoms. The first-order chi connectivity index (χ1) is 15.1. The molecule has 0 unspecified atom stereocenters. The second-order valence-electron chi connectivity index (χ2n) is 8.94. The van der Waals surface area contributed by atoms with Crippen LogP contribution in [-0.2, 0) is 24.6 Å². The molecule has 0 spiro atoms. The van der Waals surface area contributed by atoms with E-state index < -0.39 is 17.3 Å². The fourth-order valence-electron chi connectivity index (χ4n) is 5.01. The van der Waals surface area contributed by atoms with E-state index >= 15 is 0 Å².